The average molecular weight is 483 g/mol. The Morgan fingerprint density at radius 1 is 1.03 bits per heavy atom. The number of hydrogen-bond donors (Lipinski definition) is 1. The zero-order chi connectivity index (χ0) is 24.4. The van der Waals surface area contributed by atoms with Crippen LogP contribution in [0.2, 0.25) is 5.02 Å². The van der Waals surface area contributed by atoms with E-state index in [9.17, 15) is 13.6 Å². The van der Waals surface area contributed by atoms with Crippen LogP contribution in [0.4, 0.5) is 14.5 Å². The van der Waals surface area contributed by atoms with Crippen molar-refractivity contribution in [3.05, 3.63) is 100 Å². The Hall–Kier alpha value is -3.84. The quantitative estimate of drug-likeness (QED) is 0.257. The maximum absolute atomic E-state index is 14.1. The predicted molar refractivity (Wildman–Crippen MR) is 127 cm³/mol. The van der Waals surface area contributed by atoms with Gasteiger partial charge in [0.2, 0.25) is 0 Å². The summed E-state index contributed by atoms with van der Waals surface area (Å²) < 4.78 is 40.0. The Kier molecular flexibility index (Phi) is 6.56. The molecule has 0 saturated carbocycles. The molecular weight excluding hydrogens is 462 g/mol. The SMILES string of the molecule is COC(=O)c1cc(N)cc(-n2c(C)ccc2-c2cc(Cl)ccc2OCc2ccc(F)cc2F)c1. The topological polar surface area (TPSA) is 66.5 Å². The lowest BCUT2D eigenvalue weighted by Crippen LogP contribution is -2.07. The highest BCUT2D eigenvalue weighted by Gasteiger charge is 2.17. The molecule has 1 aromatic heterocycles. The van der Waals surface area contributed by atoms with Gasteiger partial charge in [-0.1, -0.05) is 11.6 Å². The van der Waals surface area contributed by atoms with E-state index < -0.39 is 17.6 Å². The summed E-state index contributed by atoms with van der Waals surface area (Å²) in [5.41, 5.74) is 9.86. The van der Waals surface area contributed by atoms with E-state index in [4.69, 9.17) is 26.8 Å². The molecule has 34 heavy (non-hydrogen) atoms. The Balaban J connectivity index is 1.78. The molecule has 2 N–H and O–H groups in total. The molecule has 0 bridgehead atoms. The van der Waals surface area contributed by atoms with Gasteiger partial charge in [-0.05, 0) is 67.6 Å². The van der Waals surface area contributed by atoms with Crippen molar-refractivity contribution in [1.82, 2.24) is 4.57 Å². The molecule has 8 heteroatoms. The maximum atomic E-state index is 14.1. The first-order valence-electron chi connectivity index (χ1n) is 10.3. The molecule has 4 rings (SSSR count). The van der Waals surface area contributed by atoms with Crippen LogP contribution < -0.4 is 10.5 Å². The Morgan fingerprint density at radius 2 is 1.82 bits per heavy atom. The lowest BCUT2D eigenvalue weighted by atomic mass is 10.1. The van der Waals surface area contributed by atoms with Crippen LogP contribution in [0.3, 0.4) is 0 Å². The number of carbonyl (C=O) groups excluding carboxylic acids is 1. The molecular formula is C26H21ClF2N2O3. The molecule has 0 unspecified atom stereocenters. The first-order valence-corrected chi connectivity index (χ1v) is 10.7. The largest absolute Gasteiger partial charge is 0.488 e. The van der Waals surface area contributed by atoms with E-state index in [1.165, 1.54) is 19.2 Å². The van der Waals surface area contributed by atoms with E-state index in [0.29, 0.717) is 33.3 Å². The molecule has 0 aliphatic rings. The van der Waals surface area contributed by atoms with Crippen LogP contribution in [-0.2, 0) is 11.3 Å². The van der Waals surface area contributed by atoms with E-state index in [1.807, 2.05) is 23.6 Å². The molecule has 0 fully saturated rings. The minimum absolute atomic E-state index is 0.106. The molecule has 0 radical (unpaired) electrons. The third kappa shape index (κ3) is 4.75. The summed E-state index contributed by atoms with van der Waals surface area (Å²) in [7, 11) is 1.30. The van der Waals surface area contributed by atoms with Crippen molar-refractivity contribution in [1.29, 1.82) is 0 Å². The Bertz CT molecular complexity index is 1380. The van der Waals surface area contributed by atoms with Crippen molar-refractivity contribution in [3.8, 4) is 22.7 Å². The lowest BCUT2D eigenvalue weighted by Gasteiger charge is -2.17. The first-order chi connectivity index (χ1) is 16.3. The second-order valence-corrected chi connectivity index (χ2v) is 8.10. The zero-order valence-electron chi connectivity index (χ0n) is 18.4. The highest BCUT2D eigenvalue weighted by Crippen LogP contribution is 2.36. The predicted octanol–water partition coefficient (Wildman–Crippen LogP) is 6.33. The van der Waals surface area contributed by atoms with Crippen molar-refractivity contribution in [2.24, 2.45) is 0 Å². The van der Waals surface area contributed by atoms with Crippen LogP contribution >= 0.6 is 11.6 Å². The van der Waals surface area contributed by atoms with E-state index in [0.717, 1.165) is 17.5 Å². The summed E-state index contributed by atoms with van der Waals surface area (Å²) in [4.78, 5) is 12.1. The standard InChI is InChI=1S/C26H21ClF2N2O3/c1-15-3-7-24(31(15)21-10-17(26(32)33-2)9-20(30)13-21)22-11-18(27)5-8-25(22)34-14-16-4-6-19(28)12-23(16)29/h3-13H,14,30H2,1-2H3. The van der Waals surface area contributed by atoms with Gasteiger partial charge in [0, 0.05) is 39.3 Å². The summed E-state index contributed by atoms with van der Waals surface area (Å²) >= 11 is 6.29. The van der Waals surface area contributed by atoms with Gasteiger partial charge in [-0.15, -0.1) is 0 Å². The molecule has 0 aliphatic heterocycles. The van der Waals surface area contributed by atoms with Crippen molar-refractivity contribution < 1.29 is 23.0 Å². The molecule has 0 amide bonds. The van der Waals surface area contributed by atoms with Gasteiger partial charge >= 0.3 is 5.97 Å². The number of nitrogens with zero attached hydrogens (tertiary/aromatic N) is 1. The normalized spacial score (nSPS) is 10.9. The third-order valence-electron chi connectivity index (χ3n) is 5.31. The smallest absolute Gasteiger partial charge is 0.337 e. The molecule has 0 spiro atoms. The highest BCUT2D eigenvalue weighted by atomic mass is 35.5. The highest BCUT2D eigenvalue weighted by molar-refractivity contribution is 6.31. The number of methoxy groups -OCH3 is 1. The molecule has 5 nitrogen and oxygen atoms in total. The maximum Gasteiger partial charge on any atom is 0.337 e. The summed E-state index contributed by atoms with van der Waals surface area (Å²) in [6.07, 6.45) is 0. The summed E-state index contributed by atoms with van der Waals surface area (Å²) in [5, 5.41) is 0.476. The minimum Gasteiger partial charge on any atom is -0.488 e. The molecule has 0 atom stereocenters. The second-order valence-electron chi connectivity index (χ2n) is 7.67. The number of benzene rings is 3. The lowest BCUT2D eigenvalue weighted by molar-refractivity contribution is 0.0600. The second kappa shape index (κ2) is 9.57. The van der Waals surface area contributed by atoms with E-state index in [1.54, 1.807) is 36.4 Å². The fourth-order valence-electron chi connectivity index (χ4n) is 3.71. The number of anilines is 1. The van der Waals surface area contributed by atoms with Crippen LogP contribution in [0.25, 0.3) is 16.9 Å². The van der Waals surface area contributed by atoms with Crippen LogP contribution in [-0.4, -0.2) is 17.6 Å². The van der Waals surface area contributed by atoms with Crippen molar-refractivity contribution in [3.63, 3.8) is 0 Å². The minimum atomic E-state index is -0.690. The van der Waals surface area contributed by atoms with E-state index in [-0.39, 0.29) is 12.2 Å². The first kappa shape index (κ1) is 23.3. The number of nitrogens with two attached hydrogens (primary N) is 1. The number of nitrogen functional groups attached to an aromatic ring is 1. The fraction of sp³-hybridized carbons (Fsp3) is 0.115. The number of rotatable bonds is 6. The Labute approximate surface area is 200 Å². The number of hydrogen-bond acceptors (Lipinski definition) is 4. The summed E-state index contributed by atoms with van der Waals surface area (Å²) in [6.45, 7) is 1.80. The van der Waals surface area contributed by atoms with Gasteiger partial charge in [-0.25, -0.2) is 13.6 Å². The average Bonchev–Trinajstić information content (AvgIpc) is 3.19. The number of aryl methyl sites for hydroxylation is 1. The van der Waals surface area contributed by atoms with Gasteiger partial charge in [-0.2, -0.15) is 0 Å². The number of esters is 1. The molecule has 0 saturated heterocycles. The van der Waals surface area contributed by atoms with E-state index >= 15 is 0 Å². The molecule has 0 aliphatic carbocycles. The third-order valence-corrected chi connectivity index (χ3v) is 5.55. The van der Waals surface area contributed by atoms with Crippen LogP contribution in [0.1, 0.15) is 21.6 Å². The van der Waals surface area contributed by atoms with Crippen molar-refractivity contribution >= 4 is 23.3 Å². The number of aromatic nitrogens is 1. The van der Waals surface area contributed by atoms with Gasteiger partial charge in [0.1, 0.15) is 24.0 Å². The fourth-order valence-corrected chi connectivity index (χ4v) is 3.89. The molecule has 174 valence electrons. The molecule has 3 aromatic carbocycles. The van der Waals surface area contributed by atoms with Gasteiger partial charge in [0.05, 0.1) is 18.4 Å². The molecule has 4 aromatic rings. The monoisotopic (exact) mass is 482 g/mol. The zero-order valence-corrected chi connectivity index (χ0v) is 19.2. The Morgan fingerprint density at radius 3 is 2.56 bits per heavy atom. The van der Waals surface area contributed by atoms with Gasteiger partial charge in [0.15, 0.2) is 0 Å². The van der Waals surface area contributed by atoms with Crippen LogP contribution in [0, 0.1) is 18.6 Å². The molecule has 1 heterocycles. The number of carbonyl (C=O) groups is 1. The number of halogens is 3. The van der Waals surface area contributed by atoms with Gasteiger partial charge in [0.25, 0.3) is 0 Å². The summed E-state index contributed by atoms with van der Waals surface area (Å²) in [6, 6.07) is 17.2. The van der Waals surface area contributed by atoms with Crippen LogP contribution in [0.15, 0.2) is 66.7 Å². The van der Waals surface area contributed by atoms with E-state index in [2.05, 4.69) is 0 Å². The summed E-state index contributed by atoms with van der Waals surface area (Å²) in [5.74, 6) is -1.40. The van der Waals surface area contributed by atoms with Crippen molar-refractivity contribution in [2.75, 3.05) is 12.8 Å². The number of ether oxygens (including phenoxy) is 2. The van der Waals surface area contributed by atoms with Crippen molar-refractivity contribution in [2.45, 2.75) is 13.5 Å². The van der Waals surface area contributed by atoms with Gasteiger partial charge in [-0.3, -0.25) is 0 Å². The van der Waals surface area contributed by atoms with Crippen LogP contribution in [0.5, 0.6) is 5.75 Å². The van der Waals surface area contributed by atoms with Gasteiger partial charge < -0.3 is 19.8 Å².